The molecule has 0 heterocycles. The number of aliphatic carboxylic acids is 1. The SMILES string of the molecule is CCCOCCN(CC(=O)O)C1CC1. The lowest BCUT2D eigenvalue weighted by molar-refractivity contribution is -0.138. The summed E-state index contributed by atoms with van der Waals surface area (Å²) in [4.78, 5) is 12.5. The first kappa shape index (κ1) is 11.5. The summed E-state index contributed by atoms with van der Waals surface area (Å²) < 4.78 is 5.34. The molecule has 1 saturated carbocycles. The van der Waals surface area contributed by atoms with Crippen molar-refractivity contribution in [2.45, 2.75) is 32.2 Å². The molecular weight excluding hydrogens is 182 g/mol. The number of carboxylic acids is 1. The third-order valence-corrected chi connectivity index (χ3v) is 2.27. The maximum absolute atomic E-state index is 10.5. The lowest BCUT2D eigenvalue weighted by Crippen LogP contribution is -2.34. The van der Waals surface area contributed by atoms with Crippen LogP contribution in [0.15, 0.2) is 0 Å². The van der Waals surface area contributed by atoms with Gasteiger partial charge in [-0.1, -0.05) is 6.92 Å². The van der Waals surface area contributed by atoms with Gasteiger partial charge in [0.1, 0.15) is 0 Å². The Bertz CT molecular complexity index is 180. The van der Waals surface area contributed by atoms with Crippen LogP contribution in [0.3, 0.4) is 0 Å². The standard InChI is InChI=1S/C10H19NO3/c1-2-6-14-7-5-11(8-10(12)13)9-3-4-9/h9H,2-8H2,1H3,(H,12,13). The highest BCUT2D eigenvalue weighted by atomic mass is 16.5. The molecule has 1 N–H and O–H groups in total. The molecule has 0 aromatic carbocycles. The molecule has 4 heteroatoms. The average molecular weight is 201 g/mol. The summed E-state index contributed by atoms with van der Waals surface area (Å²) in [5.41, 5.74) is 0. The number of carboxylic acid groups (broad SMARTS) is 1. The fraction of sp³-hybridized carbons (Fsp3) is 0.900. The van der Waals surface area contributed by atoms with Gasteiger partial charge < -0.3 is 9.84 Å². The van der Waals surface area contributed by atoms with E-state index in [0.29, 0.717) is 12.6 Å². The van der Waals surface area contributed by atoms with Gasteiger partial charge in [0.2, 0.25) is 0 Å². The molecule has 0 aliphatic heterocycles. The Morgan fingerprint density at radius 1 is 1.50 bits per heavy atom. The van der Waals surface area contributed by atoms with Gasteiger partial charge in [-0.25, -0.2) is 0 Å². The van der Waals surface area contributed by atoms with Crippen LogP contribution < -0.4 is 0 Å². The predicted octanol–water partition coefficient (Wildman–Crippen LogP) is 0.962. The van der Waals surface area contributed by atoms with E-state index in [9.17, 15) is 4.79 Å². The van der Waals surface area contributed by atoms with Crippen LogP contribution in [0.4, 0.5) is 0 Å². The van der Waals surface area contributed by atoms with Crippen LogP contribution in [0.1, 0.15) is 26.2 Å². The largest absolute Gasteiger partial charge is 0.480 e. The summed E-state index contributed by atoms with van der Waals surface area (Å²) in [6.07, 6.45) is 3.30. The van der Waals surface area contributed by atoms with Crippen LogP contribution in [0.2, 0.25) is 0 Å². The van der Waals surface area contributed by atoms with E-state index < -0.39 is 5.97 Å². The first-order valence-corrected chi connectivity index (χ1v) is 5.27. The van der Waals surface area contributed by atoms with E-state index in [4.69, 9.17) is 9.84 Å². The maximum Gasteiger partial charge on any atom is 0.317 e. The van der Waals surface area contributed by atoms with Crippen LogP contribution in [-0.4, -0.2) is 48.3 Å². The van der Waals surface area contributed by atoms with Gasteiger partial charge in [-0.05, 0) is 19.3 Å². The van der Waals surface area contributed by atoms with Gasteiger partial charge in [0, 0.05) is 19.2 Å². The van der Waals surface area contributed by atoms with Crippen LogP contribution in [-0.2, 0) is 9.53 Å². The van der Waals surface area contributed by atoms with Crippen molar-refractivity contribution in [2.24, 2.45) is 0 Å². The molecular formula is C10H19NO3. The zero-order chi connectivity index (χ0) is 10.4. The number of carbonyl (C=O) groups is 1. The Kier molecular flexibility index (Phi) is 4.90. The summed E-state index contributed by atoms with van der Waals surface area (Å²) in [7, 11) is 0. The van der Waals surface area contributed by atoms with Crippen LogP contribution in [0.5, 0.6) is 0 Å². The number of ether oxygens (including phenoxy) is 1. The Labute approximate surface area is 84.8 Å². The maximum atomic E-state index is 10.5. The Balaban J connectivity index is 2.12. The van der Waals surface area contributed by atoms with E-state index in [2.05, 4.69) is 6.92 Å². The second kappa shape index (κ2) is 5.98. The summed E-state index contributed by atoms with van der Waals surface area (Å²) in [6, 6.07) is 0.497. The third kappa shape index (κ3) is 4.58. The van der Waals surface area contributed by atoms with Gasteiger partial charge in [-0.15, -0.1) is 0 Å². The predicted molar refractivity (Wildman–Crippen MR) is 53.3 cm³/mol. The molecule has 1 fully saturated rings. The highest BCUT2D eigenvalue weighted by molar-refractivity contribution is 5.69. The minimum Gasteiger partial charge on any atom is -0.480 e. The van der Waals surface area contributed by atoms with Gasteiger partial charge in [0.15, 0.2) is 0 Å². The second-order valence-corrected chi connectivity index (χ2v) is 3.71. The molecule has 0 atom stereocenters. The lowest BCUT2D eigenvalue weighted by Gasteiger charge is -2.19. The lowest BCUT2D eigenvalue weighted by atomic mass is 10.4. The second-order valence-electron chi connectivity index (χ2n) is 3.71. The van der Waals surface area contributed by atoms with Crippen molar-refractivity contribution < 1.29 is 14.6 Å². The van der Waals surface area contributed by atoms with Gasteiger partial charge in [-0.2, -0.15) is 0 Å². The highest BCUT2D eigenvalue weighted by Gasteiger charge is 2.29. The number of hydrogen-bond acceptors (Lipinski definition) is 3. The zero-order valence-electron chi connectivity index (χ0n) is 8.74. The van der Waals surface area contributed by atoms with Crippen molar-refractivity contribution >= 4 is 5.97 Å². The van der Waals surface area contributed by atoms with E-state index in [-0.39, 0.29) is 6.54 Å². The molecule has 1 rings (SSSR count). The minimum absolute atomic E-state index is 0.153. The Hall–Kier alpha value is -0.610. The Morgan fingerprint density at radius 3 is 2.71 bits per heavy atom. The molecule has 1 aliphatic rings. The van der Waals surface area contributed by atoms with Crippen LogP contribution in [0.25, 0.3) is 0 Å². The smallest absolute Gasteiger partial charge is 0.317 e. The van der Waals surface area contributed by atoms with Crippen molar-refractivity contribution in [2.75, 3.05) is 26.3 Å². The van der Waals surface area contributed by atoms with E-state index in [1.165, 1.54) is 0 Å². The fourth-order valence-electron chi connectivity index (χ4n) is 1.43. The first-order chi connectivity index (χ1) is 6.74. The van der Waals surface area contributed by atoms with E-state index in [1.807, 2.05) is 4.90 Å². The highest BCUT2D eigenvalue weighted by Crippen LogP contribution is 2.26. The van der Waals surface area contributed by atoms with Crippen LogP contribution in [0, 0.1) is 0 Å². The molecule has 0 bridgehead atoms. The first-order valence-electron chi connectivity index (χ1n) is 5.27. The van der Waals surface area contributed by atoms with Crippen molar-refractivity contribution in [1.29, 1.82) is 0 Å². The Morgan fingerprint density at radius 2 is 2.21 bits per heavy atom. The summed E-state index contributed by atoms with van der Waals surface area (Å²) >= 11 is 0. The quantitative estimate of drug-likeness (QED) is 0.594. The zero-order valence-corrected chi connectivity index (χ0v) is 8.74. The summed E-state index contributed by atoms with van der Waals surface area (Å²) in [5.74, 6) is -0.743. The van der Waals surface area contributed by atoms with Gasteiger partial charge in [0.25, 0.3) is 0 Å². The number of rotatable bonds is 8. The van der Waals surface area contributed by atoms with E-state index in [0.717, 1.165) is 32.4 Å². The van der Waals surface area contributed by atoms with Crippen LogP contribution >= 0.6 is 0 Å². The molecule has 0 saturated heterocycles. The van der Waals surface area contributed by atoms with Crippen molar-refractivity contribution in [3.63, 3.8) is 0 Å². The monoisotopic (exact) mass is 201 g/mol. The average Bonchev–Trinajstić information content (AvgIpc) is 2.92. The van der Waals surface area contributed by atoms with Gasteiger partial charge in [-0.3, -0.25) is 9.69 Å². The molecule has 0 radical (unpaired) electrons. The molecule has 0 aromatic heterocycles. The van der Waals surface area contributed by atoms with Crippen molar-refractivity contribution in [3.8, 4) is 0 Å². The summed E-state index contributed by atoms with van der Waals surface area (Å²) in [5, 5.41) is 8.68. The van der Waals surface area contributed by atoms with Crippen molar-refractivity contribution in [3.05, 3.63) is 0 Å². The molecule has 0 unspecified atom stereocenters. The van der Waals surface area contributed by atoms with E-state index in [1.54, 1.807) is 0 Å². The molecule has 82 valence electrons. The fourth-order valence-corrected chi connectivity index (χ4v) is 1.43. The topological polar surface area (TPSA) is 49.8 Å². The van der Waals surface area contributed by atoms with Gasteiger partial charge in [0.05, 0.1) is 13.2 Å². The molecule has 0 amide bonds. The molecule has 1 aliphatic carbocycles. The minimum atomic E-state index is -0.743. The molecule has 14 heavy (non-hydrogen) atoms. The molecule has 0 aromatic rings. The molecule has 0 spiro atoms. The number of nitrogens with zero attached hydrogens (tertiary/aromatic N) is 1. The van der Waals surface area contributed by atoms with E-state index >= 15 is 0 Å². The number of hydrogen-bond donors (Lipinski definition) is 1. The van der Waals surface area contributed by atoms with Crippen molar-refractivity contribution in [1.82, 2.24) is 4.90 Å². The molecule has 4 nitrogen and oxygen atoms in total. The third-order valence-electron chi connectivity index (χ3n) is 2.27. The van der Waals surface area contributed by atoms with Gasteiger partial charge >= 0.3 is 5.97 Å². The summed E-state index contributed by atoms with van der Waals surface area (Å²) in [6.45, 7) is 4.39. The normalized spacial score (nSPS) is 16.1.